The van der Waals surface area contributed by atoms with Crippen molar-refractivity contribution in [2.24, 2.45) is 0 Å². The van der Waals surface area contributed by atoms with E-state index in [4.69, 9.17) is 0 Å². The van der Waals surface area contributed by atoms with Crippen molar-refractivity contribution in [3.8, 4) is 6.07 Å². The number of rotatable bonds is 7. The zero-order valence-corrected chi connectivity index (χ0v) is 14.4. The fourth-order valence-electron chi connectivity index (χ4n) is 2.25. The van der Waals surface area contributed by atoms with Crippen molar-refractivity contribution in [1.82, 2.24) is 5.32 Å². The first-order valence-electron chi connectivity index (χ1n) is 8.02. The predicted molar refractivity (Wildman–Crippen MR) is 98.3 cm³/mol. The number of para-hydroxylation sites is 1. The monoisotopic (exact) mass is 349 g/mol. The maximum absolute atomic E-state index is 12.3. The Balaban J connectivity index is 1.98. The van der Waals surface area contributed by atoms with Crippen LogP contribution in [0.3, 0.4) is 0 Å². The number of nitrogens with one attached hydrogen (secondary N) is 2. The van der Waals surface area contributed by atoms with Crippen LogP contribution >= 0.6 is 0 Å². The summed E-state index contributed by atoms with van der Waals surface area (Å²) in [5, 5.41) is 14.7. The summed E-state index contributed by atoms with van der Waals surface area (Å²) in [7, 11) is 1.26. The van der Waals surface area contributed by atoms with Crippen LogP contribution in [0, 0.1) is 11.3 Å². The summed E-state index contributed by atoms with van der Waals surface area (Å²) in [4.78, 5) is 24.0. The SMILES string of the molecule is COC(=O)c1ccccc1NC(=O)/C(C#N)=C\NCCc1ccccc1. The molecule has 0 atom stereocenters. The van der Waals surface area contributed by atoms with Crippen LogP contribution in [0.5, 0.6) is 0 Å². The van der Waals surface area contributed by atoms with E-state index in [1.165, 1.54) is 19.4 Å². The average Bonchev–Trinajstić information content (AvgIpc) is 2.68. The highest BCUT2D eigenvalue weighted by Gasteiger charge is 2.15. The minimum atomic E-state index is -0.601. The molecule has 2 rings (SSSR count). The van der Waals surface area contributed by atoms with Gasteiger partial charge >= 0.3 is 5.97 Å². The number of ether oxygens (including phenoxy) is 1. The zero-order chi connectivity index (χ0) is 18.8. The second-order valence-corrected chi connectivity index (χ2v) is 5.35. The van der Waals surface area contributed by atoms with Gasteiger partial charge in [-0.05, 0) is 24.1 Å². The minimum absolute atomic E-state index is 0.0854. The fraction of sp³-hybridized carbons (Fsp3) is 0.150. The van der Waals surface area contributed by atoms with Crippen molar-refractivity contribution in [3.05, 3.63) is 77.5 Å². The van der Waals surface area contributed by atoms with E-state index >= 15 is 0 Å². The molecule has 0 heterocycles. The third-order valence-electron chi connectivity index (χ3n) is 3.59. The molecule has 6 heteroatoms. The lowest BCUT2D eigenvalue weighted by Gasteiger charge is -2.09. The van der Waals surface area contributed by atoms with E-state index < -0.39 is 11.9 Å². The number of nitriles is 1. The maximum Gasteiger partial charge on any atom is 0.339 e. The fourth-order valence-corrected chi connectivity index (χ4v) is 2.25. The number of amides is 1. The molecule has 0 saturated heterocycles. The van der Waals surface area contributed by atoms with E-state index in [1.807, 2.05) is 36.4 Å². The van der Waals surface area contributed by atoms with Gasteiger partial charge in [-0.1, -0.05) is 42.5 Å². The Kier molecular flexibility index (Phi) is 6.95. The largest absolute Gasteiger partial charge is 0.465 e. The molecule has 0 saturated carbocycles. The van der Waals surface area contributed by atoms with Gasteiger partial charge in [0.05, 0.1) is 18.4 Å². The Bertz CT molecular complexity index is 839. The molecule has 0 aliphatic carbocycles. The quantitative estimate of drug-likeness (QED) is 0.347. The highest BCUT2D eigenvalue weighted by Crippen LogP contribution is 2.16. The third kappa shape index (κ3) is 5.21. The molecule has 1 amide bonds. The van der Waals surface area contributed by atoms with Gasteiger partial charge in [0.2, 0.25) is 0 Å². The number of hydrogen-bond acceptors (Lipinski definition) is 5. The normalized spacial score (nSPS) is 10.5. The molecule has 26 heavy (non-hydrogen) atoms. The predicted octanol–water partition coefficient (Wildman–Crippen LogP) is 2.65. The number of benzene rings is 2. The first kappa shape index (κ1) is 18.7. The third-order valence-corrected chi connectivity index (χ3v) is 3.59. The van der Waals surface area contributed by atoms with E-state index in [-0.39, 0.29) is 16.8 Å². The number of carbonyl (C=O) groups excluding carboxylic acids is 2. The van der Waals surface area contributed by atoms with E-state index in [2.05, 4.69) is 15.4 Å². The summed E-state index contributed by atoms with van der Waals surface area (Å²) in [6, 6.07) is 18.2. The van der Waals surface area contributed by atoms with Crippen LogP contribution in [0.15, 0.2) is 66.4 Å². The Morgan fingerprint density at radius 2 is 1.81 bits per heavy atom. The molecule has 0 unspecified atom stereocenters. The summed E-state index contributed by atoms with van der Waals surface area (Å²) in [6.07, 6.45) is 2.14. The number of esters is 1. The molecule has 0 fully saturated rings. The molecule has 0 bridgehead atoms. The van der Waals surface area contributed by atoms with Crippen molar-refractivity contribution in [2.75, 3.05) is 19.0 Å². The van der Waals surface area contributed by atoms with Gasteiger partial charge in [-0.25, -0.2) is 4.79 Å². The van der Waals surface area contributed by atoms with Crippen molar-refractivity contribution < 1.29 is 14.3 Å². The lowest BCUT2D eigenvalue weighted by Crippen LogP contribution is -2.19. The Morgan fingerprint density at radius 1 is 1.12 bits per heavy atom. The van der Waals surface area contributed by atoms with Crippen molar-refractivity contribution in [1.29, 1.82) is 5.26 Å². The van der Waals surface area contributed by atoms with Crippen LogP contribution in [-0.2, 0) is 16.0 Å². The van der Waals surface area contributed by atoms with Crippen molar-refractivity contribution in [2.45, 2.75) is 6.42 Å². The molecule has 0 aromatic heterocycles. The molecule has 2 N–H and O–H groups in total. The topological polar surface area (TPSA) is 91.2 Å². The maximum atomic E-state index is 12.3. The number of anilines is 1. The molecule has 132 valence electrons. The van der Waals surface area contributed by atoms with E-state index in [0.29, 0.717) is 6.54 Å². The highest BCUT2D eigenvalue weighted by molar-refractivity contribution is 6.09. The summed E-state index contributed by atoms with van der Waals surface area (Å²) in [5.41, 5.74) is 1.58. The van der Waals surface area contributed by atoms with Crippen LogP contribution < -0.4 is 10.6 Å². The number of hydrogen-bond donors (Lipinski definition) is 2. The number of nitrogens with zero attached hydrogens (tertiary/aromatic N) is 1. The lowest BCUT2D eigenvalue weighted by molar-refractivity contribution is -0.112. The lowest BCUT2D eigenvalue weighted by atomic mass is 10.1. The number of methoxy groups -OCH3 is 1. The highest BCUT2D eigenvalue weighted by atomic mass is 16.5. The van der Waals surface area contributed by atoms with Crippen LogP contribution in [-0.4, -0.2) is 25.5 Å². The second kappa shape index (κ2) is 9.64. The van der Waals surface area contributed by atoms with Crippen molar-refractivity contribution >= 4 is 17.6 Å². The molecule has 0 aliphatic heterocycles. The molecule has 0 aliphatic rings. The van der Waals surface area contributed by atoms with Gasteiger partial charge in [-0.2, -0.15) is 5.26 Å². The zero-order valence-electron chi connectivity index (χ0n) is 14.4. The molecule has 2 aromatic rings. The van der Waals surface area contributed by atoms with Gasteiger partial charge in [-0.3, -0.25) is 4.79 Å². The Morgan fingerprint density at radius 3 is 2.50 bits per heavy atom. The minimum Gasteiger partial charge on any atom is -0.465 e. The Hall–Kier alpha value is -3.59. The van der Waals surface area contributed by atoms with Crippen LogP contribution in [0.25, 0.3) is 0 Å². The van der Waals surface area contributed by atoms with Gasteiger partial charge in [0.1, 0.15) is 11.6 Å². The number of carbonyl (C=O) groups is 2. The first-order valence-corrected chi connectivity index (χ1v) is 8.02. The van der Waals surface area contributed by atoms with Crippen molar-refractivity contribution in [3.63, 3.8) is 0 Å². The summed E-state index contributed by atoms with van der Waals surface area (Å²) >= 11 is 0. The standard InChI is InChI=1S/C20H19N3O3/c1-26-20(25)17-9-5-6-10-18(17)23-19(24)16(13-21)14-22-12-11-15-7-3-2-4-8-15/h2-10,14,22H,11-12H2,1H3,(H,23,24)/b16-14-. The van der Waals surface area contributed by atoms with Crippen LogP contribution in [0.4, 0.5) is 5.69 Å². The molecule has 0 radical (unpaired) electrons. The molecule has 0 spiro atoms. The van der Waals surface area contributed by atoms with Gasteiger partial charge < -0.3 is 15.4 Å². The molecular formula is C20H19N3O3. The van der Waals surface area contributed by atoms with Gasteiger partial charge in [0.15, 0.2) is 0 Å². The molecule has 2 aromatic carbocycles. The summed E-state index contributed by atoms with van der Waals surface area (Å²) in [5.74, 6) is -1.17. The van der Waals surface area contributed by atoms with Gasteiger partial charge in [0.25, 0.3) is 5.91 Å². The Labute approximate surface area is 152 Å². The van der Waals surface area contributed by atoms with Crippen LogP contribution in [0.2, 0.25) is 0 Å². The van der Waals surface area contributed by atoms with E-state index in [1.54, 1.807) is 18.2 Å². The molecular weight excluding hydrogens is 330 g/mol. The summed E-state index contributed by atoms with van der Waals surface area (Å²) in [6.45, 7) is 0.585. The second-order valence-electron chi connectivity index (χ2n) is 5.35. The van der Waals surface area contributed by atoms with Gasteiger partial charge in [0, 0.05) is 12.7 Å². The first-order chi connectivity index (χ1) is 12.7. The summed E-state index contributed by atoms with van der Waals surface area (Å²) < 4.78 is 4.68. The smallest absolute Gasteiger partial charge is 0.339 e. The van der Waals surface area contributed by atoms with E-state index in [0.717, 1.165) is 12.0 Å². The van der Waals surface area contributed by atoms with Crippen LogP contribution in [0.1, 0.15) is 15.9 Å². The van der Waals surface area contributed by atoms with E-state index in [9.17, 15) is 14.9 Å². The average molecular weight is 349 g/mol. The molecule has 6 nitrogen and oxygen atoms in total. The van der Waals surface area contributed by atoms with Gasteiger partial charge in [-0.15, -0.1) is 0 Å².